The Kier molecular flexibility index (Phi) is 5.11. The molecule has 0 unspecified atom stereocenters. The molecule has 0 spiro atoms. The van der Waals surface area contributed by atoms with E-state index < -0.39 is 0 Å². The second kappa shape index (κ2) is 6.45. The molecule has 2 nitrogen and oxygen atoms in total. The standard InChI is InChI=1S/C10H12N2S2/c13-7-11-5-9-1-2-10(4-3-9)6-12-8-14/h1-4,7-8H,5-6H2,(H,11,13)(H,12,14). The Morgan fingerprint density at radius 3 is 1.50 bits per heavy atom. The third kappa shape index (κ3) is 3.81. The number of hydrogen-bond acceptors (Lipinski definition) is 2. The van der Waals surface area contributed by atoms with Crippen LogP contribution in [0.5, 0.6) is 0 Å². The van der Waals surface area contributed by atoms with Gasteiger partial charge in [0.25, 0.3) is 0 Å². The van der Waals surface area contributed by atoms with Crippen LogP contribution in [-0.2, 0) is 13.1 Å². The van der Waals surface area contributed by atoms with Crippen molar-refractivity contribution in [3.05, 3.63) is 35.4 Å². The lowest BCUT2D eigenvalue weighted by Gasteiger charge is -2.03. The van der Waals surface area contributed by atoms with Gasteiger partial charge in [0.1, 0.15) is 0 Å². The minimum Gasteiger partial charge on any atom is -0.378 e. The van der Waals surface area contributed by atoms with Gasteiger partial charge in [0, 0.05) is 13.1 Å². The van der Waals surface area contributed by atoms with Crippen molar-refractivity contribution in [1.82, 2.24) is 10.6 Å². The first-order valence-corrected chi connectivity index (χ1v) is 5.23. The summed E-state index contributed by atoms with van der Waals surface area (Å²) in [6, 6.07) is 8.30. The van der Waals surface area contributed by atoms with Gasteiger partial charge in [-0.2, -0.15) is 0 Å². The van der Waals surface area contributed by atoms with E-state index in [2.05, 4.69) is 59.3 Å². The SMILES string of the molecule is S=CNCc1ccc(CNC=S)cc1. The summed E-state index contributed by atoms with van der Waals surface area (Å²) < 4.78 is 0. The van der Waals surface area contributed by atoms with Gasteiger partial charge in [-0.1, -0.05) is 48.7 Å². The van der Waals surface area contributed by atoms with E-state index in [-0.39, 0.29) is 0 Å². The molecule has 14 heavy (non-hydrogen) atoms. The van der Waals surface area contributed by atoms with Crippen molar-refractivity contribution in [2.45, 2.75) is 13.1 Å². The molecular formula is C10H12N2S2. The summed E-state index contributed by atoms with van der Waals surface area (Å²) in [4.78, 5) is 0. The van der Waals surface area contributed by atoms with Crippen LogP contribution < -0.4 is 10.6 Å². The zero-order valence-electron chi connectivity index (χ0n) is 7.69. The molecule has 0 aromatic heterocycles. The van der Waals surface area contributed by atoms with E-state index in [1.165, 1.54) is 22.1 Å². The molecule has 0 aliphatic rings. The molecule has 0 saturated heterocycles. The average molecular weight is 224 g/mol. The molecule has 1 aromatic rings. The maximum absolute atomic E-state index is 4.67. The molecule has 0 fully saturated rings. The maximum Gasteiger partial charge on any atom is 0.0617 e. The Labute approximate surface area is 94.7 Å². The van der Waals surface area contributed by atoms with Crippen LogP contribution >= 0.6 is 24.4 Å². The summed E-state index contributed by atoms with van der Waals surface area (Å²) in [6.07, 6.45) is 0. The number of hydrogen-bond donors (Lipinski definition) is 2. The normalized spacial score (nSPS) is 9.14. The van der Waals surface area contributed by atoms with Gasteiger partial charge in [0.2, 0.25) is 0 Å². The van der Waals surface area contributed by atoms with E-state index in [4.69, 9.17) is 0 Å². The van der Waals surface area contributed by atoms with Gasteiger partial charge in [-0.25, -0.2) is 0 Å². The highest BCUT2D eigenvalue weighted by atomic mass is 32.1. The van der Waals surface area contributed by atoms with Crippen molar-refractivity contribution in [3.8, 4) is 0 Å². The molecule has 0 amide bonds. The van der Waals surface area contributed by atoms with E-state index in [9.17, 15) is 0 Å². The topological polar surface area (TPSA) is 24.1 Å². The minimum atomic E-state index is 0.782. The van der Waals surface area contributed by atoms with E-state index >= 15 is 0 Å². The monoisotopic (exact) mass is 224 g/mol. The first kappa shape index (κ1) is 11.1. The summed E-state index contributed by atoms with van der Waals surface area (Å²) in [7, 11) is 0. The molecule has 74 valence electrons. The molecule has 1 aromatic carbocycles. The lowest BCUT2D eigenvalue weighted by molar-refractivity contribution is 0.922. The van der Waals surface area contributed by atoms with Gasteiger partial charge in [0.15, 0.2) is 0 Å². The summed E-state index contributed by atoms with van der Waals surface area (Å²) in [5, 5.41) is 5.96. The first-order chi connectivity index (χ1) is 6.86. The Morgan fingerprint density at radius 1 is 0.857 bits per heavy atom. The van der Waals surface area contributed by atoms with Crippen LogP contribution in [0.15, 0.2) is 24.3 Å². The molecule has 1 rings (SSSR count). The number of thiocarbonyl (C=S) groups is 2. The lowest BCUT2D eigenvalue weighted by atomic mass is 10.1. The maximum atomic E-state index is 4.67. The highest BCUT2D eigenvalue weighted by Crippen LogP contribution is 2.03. The highest BCUT2D eigenvalue weighted by Gasteiger charge is 1.92. The van der Waals surface area contributed by atoms with Crippen molar-refractivity contribution in [1.29, 1.82) is 0 Å². The van der Waals surface area contributed by atoms with Crippen LogP contribution in [0.2, 0.25) is 0 Å². The lowest BCUT2D eigenvalue weighted by Crippen LogP contribution is -2.10. The van der Waals surface area contributed by atoms with Crippen LogP contribution in [0, 0.1) is 0 Å². The zero-order chi connectivity index (χ0) is 10.2. The Hall–Kier alpha value is -1.00. The van der Waals surface area contributed by atoms with Gasteiger partial charge in [-0.3, -0.25) is 0 Å². The number of nitrogens with one attached hydrogen (secondary N) is 2. The molecule has 0 atom stereocenters. The van der Waals surface area contributed by atoms with Crippen LogP contribution in [0.4, 0.5) is 0 Å². The smallest absolute Gasteiger partial charge is 0.0617 e. The Balaban J connectivity index is 2.49. The van der Waals surface area contributed by atoms with Crippen molar-refractivity contribution < 1.29 is 0 Å². The highest BCUT2D eigenvalue weighted by molar-refractivity contribution is 7.79. The fraction of sp³-hybridized carbons (Fsp3) is 0.200. The van der Waals surface area contributed by atoms with Crippen LogP contribution in [0.1, 0.15) is 11.1 Å². The molecule has 0 heterocycles. The molecule has 4 heteroatoms. The average Bonchev–Trinajstić information content (AvgIpc) is 2.25. The molecule has 0 aliphatic carbocycles. The van der Waals surface area contributed by atoms with Crippen molar-refractivity contribution in [3.63, 3.8) is 0 Å². The van der Waals surface area contributed by atoms with E-state index in [0.717, 1.165) is 13.1 Å². The molecular weight excluding hydrogens is 212 g/mol. The minimum absolute atomic E-state index is 0.782. The van der Waals surface area contributed by atoms with Gasteiger partial charge < -0.3 is 10.6 Å². The van der Waals surface area contributed by atoms with E-state index in [1.807, 2.05) is 0 Å². The third-order valence-electron chi connectivity index (χ3n) is 1.80. The second-order valence-electron chi connectivity index (χ2n) is 2.81. The van der Waals surface area contributed by atoms with Crippen molar-refractivity contribution >= 4 is 35.4 Å². The number of benzene rings is 1. The summed E-state index contributed by atoms with van der Waals surface area (Å²) >= 11 is 9.34. The van der Waals surface area contributed by atoms with Crippen molar-refractivity contribution in [2.75, 3.05) is 0 Å². The van der Waals surface area contributed by atoms with E-state index in [1.54, 1.807) is 0 Å². The quantitative estimate of drug-likeness (QED) is 0.719. The van der Waals surface area contributed by atoms with Crippen molar-refractivity contribution in [2.24, 2.45) is 0 Å². The van der Waals surface area contributed by atoms with Crippen LogP contribution in [0.3, 0.4) is 0 Å². The fourth-order valence-corrected chi connectivity index (χ4v) is 1.26. The molecule has 0 saturated carbocycles. The summed E-state index contributed by atoms with van der Waals surface area (Å²) in [5.74, 6) is 0. The van der Waals surface area contributed by atoms with Gasteiger partial charge in [-0.05, 0) is 11.1 Å². The predicted octanol–water partition coefficient (Wildman–Crippen LogP) is 1.78. The van der Waals surface area contributed by atoms with Gasteiger partial charge in [-0.15, -0.1) is 0 Å². The predicted molar refractivity (Wildman–Crippen MR) is 67.4 cm³/mol. The molecule has 0 radical (unpaired) electrons. The third-order valence-corrected chi connectivity index (χ3v) is 2.14. The van der Waals surface area contributed by atoms with Gasteiger partial charge in [0.05, 0.1) is 11.0 Å². The second-order valence-corrected chi connectivity index (χ2v) is 3.29. The summed E-state index contributed by atoms with van der Waals surface area (Å²) in [6.45, 7) is 1.56. The van der Waals surface area contributed by atoms with E-state index in [0.29, 0.717) is 0 Å². The molecule has 2 N–H and O–H groups in total. The zero-order valence-corrected chi connectivity index (χ0v) is 9.33. The van der Waals surface area contributed by atoms with Gasteiger partial charge >= 0.3 is 0 Å². The largest absolute Gasteiger partial charge is 0.378 e. The Morgan fingerprint density at radius 2 is 1.21 bits per heavy atom. The molecule has 0 bridgehead atoms. The number of rotatable bonds is 6. The van der Waals surface area contributed by atoms with Crippen LogP contribution in [0.25, 0.3) is 0 Å². The molecule has 0 aliphatic heterocycles. The first-order valence-electron chi connectivity index (χ1n) is 4.28. The fourth-order valence-electron chi connectivity index (χ4n) is 1.09. The Bertz CT molecular complexity index is 264. The van der Waals surface area contributed by atoms with Crippen LogP contribution in [-0.4, -0.2) is 11.0 Å². The summed E-state index contributed by atoms with van der Waals surface area (Å²) in [5.41, 5.74) is 5.50.